The van der Waals surface area contributed by atoms with E-state index >= 15 is 0 Å². The fraction of sp³-hybridized carbons (Fsp3) is 0.409. The standard InChI is InChI=1S/C22H22FN5O2/c23-17-5-3-16(4-6-17)19-26-21(27-30-19)22(13-15-1-2-15)7-11-28(12-8-22)20(29)18-14-24-9-10-25-18/h3-6,9-10,14-15H,1-2,7-8,11-13H2. The van der Waals surface area contributed by atoms with E-state index in [0.29, 0.717) is 42.0 Å². The number of piperidine rings is 1. The third kappa shape index (κ3) is 3.69. The van der Waals surface area contributed by atoms with Crippen molar-refractivity contribution in [3.8, 4) is 11.5 Å². The summed E-state index contributed by atoms with van der Waals surface area (Å²) in [6.07, 6.45) is 9.60. The van der Waals surface area contributed by atoms with Crippen LogP contribution in [-0.4, -0.2) is 44.0 Å². The van der Waals surface area contributed by atoms with Crippen LogP contribution in [-0.2, 0) is 5.41 Å². The Morgan fingerprint density at radius 3 is 2.60 bits per heavy atom. The number of likely N-dealkylation sites (tertiary alicyclic amines) is 1. The van der Waals surface area contributed by atoms with Crippen LogP contribution in [0.1, 0.15) is 48.4 Å². The molecular weight excluding hydrogens is 385 g/mol. The molecule has 0 bridgehead atoms. The summed E-state index contributed by atoms with van der Waals surface area (Å²) in [4.78, 5) is 27.4. The smallest absolute Gasteiger partial charge is 0.274 e. The highest BCUT2D eigenvalue weighted by Crippen LogP contribution is 2.46. The Balaban J connectivity index is 1.36. The van der Waals surface area contributed by atoms with Gasteiger partial charge in [0.25, 0.3) is 11.8 Å². The van der Waals surface area contributed by atoms with Crippen molar-refractivity contribution in [3.63, 3.8) is 0 Å². The van der Waals surface area contributed by atoms with Gasteiger partial charge in [-0.2, -0.15) is 4.98 Å². The molecule has 5 rings (SSSR count). The number of halogens is 1. The second-order valence-electron chi connectivity index (χ2n) is 8.24. The van der Waals surface area contributed by atoms with E-state index in [2.05, 4.69) is 20.1 Å². The molecule has 2 aliphatic rings. The Morgan fingerprint density at radius 2 is 1.93 bits per heavy atom. The number of carbonyl (C=O) groups is 1. The Kier molecular flexibility index (Phi) is 4.77. The number of hydrogen-bond acceptors (Lipinski definition) is 6. The maximum Gasteiger partial charge on any atom is 0.274 e. The van der Waals surface area contributed by atoms with Gasteiger partial charge in [0.2, 0.25) is 0 Å². The van der Waals surface area contributed by atoms with E-state index in [0.717, 1.165) is 19.3 Å². The molecule has 1 aliphatic heterocycles. The number of aromatic nitrogens is 4. The molecule has 1 aromatic carbocycles. The van der Waals surface area contributed by atoms with Gasteiger partial charge in [0, 0.05) is 36.5 Å². The number of hydrogen-bond donors (Lipinski definition) is 0. The maximum atomic E-state index is 13.2. The monoisotopic (exact) mass is 407 g/mol. The molecule has 1 aliphatic carbocycles. The molecule has 0 atom stereocenters. The number of amides is 1. The molecule has 0 radical (unpaired) electrons. The van der Waals surface area contributed by atoms with Gasteiger partial charge in [0.15, 0.2) is 5.82 Å². The van der Waals surface area contributed by atoms with Crippen LogP contribution in [0.2, 0.25) is 0 Å². The van der Waals surface area contributed by atoms with Crippen molar-refractivity contribution in [2.24, 2.45) is 5.92 Å². The summed E-state index contributed by atoms with van der Waals surface area (Å²) in [6, 6.07) is 6.05. The van der Waals surface area contributed by atoms with Gasteiger partial charge in [-0.1, -0.05) is 18.0 Å². The summed E-state index contributed by atoms with van der Waals surface area (Å²) in [6.45, 7) is 1.23. The van der Waals surface area contributed by atoms with Crippen LogP contribution in [0.5, 0.6) is 0 Å². The van der Waals surface area contributed by atoms with Crippen molar-refractivity contribution in [3.05, 3.63) is 60.2 Å². The van der Waals surface area contributed by atoms with E-state index in [9.17, 15) is 9.18 Å². The predicted octanol–water partition coefficient (Wildman–Crippen LogP) is 3.64. The van der Waals surface area contributed by atoms with Gasteiger partial charge in [0.1, 0.15) is 11.5 Å². The second-order valence-corrected chi connectivity index (χ2v) is 8.24. The first-order chi connectivity index (χ1) is 14.6. The summed E-state index contributed by atoms with van der Waals surface area (Å²) >= 11 is 0. The quantitative estimate of drug-likeness (QED) is 0.642. The first kappa shape index (κ1) is 18.8. The van der Waals surface area contributed by atoms with E-state index in [4.69, 9.17) is 4.52 Å². The van der Waals surface area contributed by atoms with Crippen LogP contribution in [0.25, 0.3) is 11.5 Å². The van der Waals surface area contributed by atoms with Crippen molar-refractivity contribution in [1.82, 2.24) is 25.0 Å². The molecule has 0 spiro atoms. The average molecular weight is 407 g/mol. The minimum Gasteiger partial charge on any atom is -0.337 e. The van der Waals surface area contributed by atoms with Gasteiger partial charge < -0.3 is 9.42 Å². The zero-order valence-electron chi connectivity index (χ0n) is 16.5. The minimum absolute atomic E-state index is 0.0942. The van der Waals surface area contributed by atoms with Gasteiger partial charge >= 0.3 is 0 Å². The van der Waals surface area contributed by atoms with E-state index < -0.39 is 0 Å². The molecular formula is C22H22FN5O2. The lowest BCUT2D eigenvalue weighted by atomic mass is 9.73. The van der Waals surface area contributed by atoms with Crippen molar-refractivity contribution in [2.75, 3.05) is 13.1 Å². The highest BCUT2D eigenvalue weighted by atomic mass is 19.1. The topological polar surface area (TPSA) is 85.0 Å². The number of rotatable bonds is 5. The lowest BCUT2D eigenvalue weighted by Crippen LogP contribution is -2.46. The predicted molar refractivity (Wildman–Crippen MR) is 106 cm³/mol. The molecule has 0 N–H and O–H groups in total. The number of nitrogens with zero attached hydrogens (tertiary/aromatic N) is 5. The molecule has 1 amide bonds. The van der Waals surface area contributed by atoms with E-state index in [1.165, 1.54) is 37.4 Å². The Morgan fingerprint density at radius 1 is 1.17 bits per heavy atom. The molecule has 1 saturated heterocycles. The third-order valence-corrected chi connectivity index (χ3v) is 6.16. The SMILES string of the molecule is O=C(c1cnccn1)N1CCC(CC2CC2)(c2noc(-c3ccc(F)cc3)n2)CC1. The molecule has 2 fully saturated rings. The van der Waals surface area contributed by atoms with Crippen molar-refractivity contribution >= 4 is 5.91 Å². The molecule has 7 nitrogen and oxygen atoms in total. The highest BCUT2D eigenvalue weighted by Gasteiger charge is 2.45. The molecule has 8 heteroatoms. The number of benzene rings is 1. The molecule has 30 heavy (non-hydrogen) atoms. The Bertz CT molecular complexity index is 1030. The Labute approximate surface area is 173 Å². The fourth-order valence-electron chi connectivity index (χ4n) is 4.25. The minimum atomic E-state index is -0.302. The van der Waals surface area contributed by atoms with Crippen LogP contribution < -0.4 is 0 Å². The summed E-state index contributed by atoms with van der Waals surface area (Å²) in [7, 11) is 0. The third-order valence-electron chi connectivity index (χ3n) is 6.16. The van der Waals surface area contributed by atoms with Gasteiger partial charge in [-0.25, -0.2) is 9.37 Å². The lowest BCUT2D eigenvalue weighted by Gasteiger charge is -2.40. The van der Waals surface area contributed by atoms with Gasteiger partial charge in [0.05, 0.1) is 6.20 Å². The van der Waals surface area contributed by atoms with Gasteiger partial charge in [-0.3, -0.25) is 9.78 Å². The van der Waals surface area contributed by atoms with Crippen LogP contribution in [0.3, 0.4) is 0 Å². The van der Waals surface area contributed by atoms with Crippen molar-refractivity contribution < 1.29 is 13.7 Å². The summed E-state index contributed by atoms with van der Waals surface area (Å²) < 4.78 is 18.8. The first-order valence-corrected chi connectivity index (χ1v) is 10.3. The van der Waals surface area contributed by atoms with Crippen LogP contribution in [0.15, 0.2) is 47.4 Å². The van der Waals surface area contributed by atoms with Crippen LogP contribution >= 0.6 is 0 Å². The van der Waals surface area contributed by atoms with Crippen LogP contribution in [0, 0.1) is 11.7 Å². The second kappa shape index (κ2) is 7.59. The first-order valence-electron chi connectivity index (χ1n) is 10.3. The zero-order valence-corrected chi connectivity index (χ0v) is 16.5. The average Bonchev–Trinajstić information content (AvgIpc) is 3.45. The van der Waals surface area contributed by atoms with Crippen molar-refractivity contribution in [1.29, 1.82) is 0 Å². The maximum absolute atomic E-state index is 13.2. The molecule has 3 heterocycles. The Hall–Kier alpha value is -3.16. The van der Waals surface area contributed by atoms with E-state index in [-0.39, 0.29) is 17.1 Å². The summed E-state index contributed by atoms with van der Waals surface area (Å²) in [5.74, 6) is 1.38. The van der Waals surface area contributed by atoms with E-state index in [1.54, 1.807) is 18.3 Å². The summed E-state index contributed by atoms with van der Waals surface area (Å²) in [5, 5.41) is 4.31. The summed E-state index contributed by atoms with van der Waals surface area (Å²) in [5.41, 5.74) is 0.861. The van der Waals surface area contributed by atoms with Gasteiger partial charge in [-0.15, -0.1) is 0 Å². The number of carbonyl (C=O) groups excluding carboxylic acids is 1. The molecule has 1 saturated carbocycles. The van der Waals surface area contributed by atoms with Crippen molar-refractivity contribution in [2.45, 2.75) is 37.5 Å². The fourth-order valence-corrected chi connectivity index (χ4v) is 4.25. The normalized spacial score (nSPS) is 18.4. The lowest BCUT2D eigenvalue weighted by molar-refractivity contribution is 0.0639. The zero-order chi connectivity index (χ0) is 20.6. The molecule has 2 aromatic heterocycles. The highest BCUT2D eigenvalue weighted by molar-refractivity contribution is 5.92. The molecule has 0 unspecified atom stereocenters. The van der Waals surface area contributed by atoms with Crippen LogP contribution in [0.4, 0.5) is 4.39 Å². The van der Waals surface area contributed by atoms with E-state index in [1.807, 2.05) is 4.90 Å². The largest absolute Gasteiger partial charge is 0.337 e. The molecule has 154 valence electrons. The molecule has 3 aromatic rings. The van der Waals surface area contributed by atoms with Gasteiger partial charge in [-0.05, 0) is 49.4 Å².